The predicted octanol–water partition coefficient (Wildman–Crippen LogP) is 1.22. The van der Waals surface area contributed by atoms with Gasteiger partial charge in [-0.15, -0.1) is 0 Å². The van der Waals surface area contributed by atoms with Crippen molar-refractivity contribution in [1.29, 1.82) is 0 Å². The zero-order valence-corrected chi connectivity index (χ0v) is 9.29. The highest BCUT2D eigenvalue weighted by atomic mass is 79.9. The largest absolute Gasteiger partial charge is 0.480 e. The normalized spacial score (nSPS) is 9.64. The van der Waals surface area contributed by atoms with Gasteiger partial charge in [-0.3, -0.25) is 0 Å². The number of pyridine rings is 1. The molecule has 0 saturated heterocycles. The highest BCUT2D eigenvalue weighted by molar-refractivity contribution is 9.10. The average Bonchev–Trinajstić information content (AvgIpc) is 2.19. The number of nitrogens with zero attached hydrogens (tertiary/aromatic N) is 1. The third-order valence-corrected chi connectivity index (χ3v) is 2.31. The molecule has 0 radical (unpaired) electrons. The van der Waals surface area contributed by atoms with Crippen LogP contribution in [0.2, 0.25) is 0 Å². The van der Waals surface area contributed by atoms with Crippen LogP contribution in [0.25, 0.3) is 0 Å². The molecule has 6 heteroatoms. The highest BCUT2D eigenvalue weighted by Crippen LogP contribution is 2.28. The number of nitrogens with two attached hydrogens (primary N) is 1. The summed E-state index contributed by atoms with van der Waals surface area (Å²) >= 11 is 3.17. The van der Waals surface area contributed by atoms with Gasteiger partial charge in [0.25, 0.3) is 0 Å². The molecule has 0 aliphatic carbocycles. The Balaban J connectivity index is 3.29. The van der Waals surface area contributed by atoms with Gasteiger partial charge < -0.3 is 15.2 Å². The van der Waals surface area contributed by atoms with E-state index in [0.717, 1.165) is 0 Å². The van der Waals surface area contributed by atoms with Crippen molar-refractivity contribution in [3.8, 4) is 5.88 Å². The molecule has 1 rings (SSSR count). The van der Waals surface area contributed by atoms with Crippen LogP contribution in [0.5, 0.6) is 5.88 Å². The predicted molar refractivity (Wildman–Crippen MR) is 54.2 cm³/mol. The Hall–Kier alpha value is -1.30. The molecule has 0 bridgehead atoms. The molecule has 0 unspecified atom stereocenters. The number of ether oxygens (including phenoxy) is 2. The second-order valence-corrected chi connectivity index (χ2v) is 3.20. The molecular weight excluding hydrogens is 252 g/mol. The Morgan fingerprint density at radius 3 is 2.71 bits per heavy atom. The SMILES string of the molecule is COC(=O)c1cc(N)nc(OC)c1Br. The molecule has 0 fully saturated rings. The lowest BCUT2D eigenvalue weighted by atomic mass is 10.2. The van der Waals surface area contributed by atoms with Gasteiger partial charge in [0.05, 0.1) is 24.3 Å². The van der Waals surface area contributed by atoms with Gasteiger partial charge in [0.2, 0.25) is 5.88 Å². The Labute approximate surface area is 89.3 Å². The van der Waals surface area contributed by atoms with Gasteiger partial charge in [-0.05, 0) is 22.0 Å². The quantitative estimate of drug-likeness (QED) is 0.810. The van der Waals surface area contributed by atoms with Crippen molar-refractivity contribution < 1.29 is 14.3 Å². The minimum Gasteiger partial charge on any atom is -0.480 e. The van der Waals surface area contributed by atoms with Crippen molar-refractivity contribution in [2.24, 2.45) is 0 Å². The summed E-state index contributed by atoms with van der Waals surface area (Å²) in [5.74, 6) is -0.0416. The summed E-state index contributed by atoms with van der Waals surface area (Å²) in [6.45, 7) is 0. The van der Waals surface area contributed by atoms with Gasteiger partial charge in [-0.2, -0.15) is 4.98 Å². The third kappa shape index (κ3) is 1.95. The summed E-state index contributed by atoms with van der Waals surface area (Å²) in [5, 5.41) is 0. The first-order chi connectivity index (χ1) is 6.60. The molecule has 0 aliphatic heterocycles. The summed E-state index contributed by atoms with van der Waals surface area (Å²) < 4.78 is 9.91. The lowest BCUT2D eigenvalue weighted by Gasteiger charge is -2.07. The van der Waals surface area contributed by atoms with Crippen LogP contribution in [0.3, 0.4) is 0 Å². The first-order valence-electron chi connectivity index (χ1n) is 3.68. The van der Waals surface area contributed by atoms with Gasteiger partial charge in [-0.25, -0.2) is 4.79 Å². The molecule has 76 valence electrons. The average molecular weight is 261 g/mol. The fourth-order valence-electron chi connectivity index (χ4n) is 0.919. The molecule has 14 heavy (non-hydrogen) atoms. The molecule has 5 nitrogen and oxygen atoms in total. The van der Waals surface area contributed by atoms with E-state index in [2.05, 4.69) is 25.7 Å². The number of carbonyl (C=O) groups is 1. The number of anilines is 1. The number of aromatic nitrogens is 1. The van der Waals surface area contributed by atoms with E-state index < -0.39 is 5.97 Å². The van der Waals surface area contributed by atoms with Gasteiger partial charge in [-0.1, -0.05) is 0 Å². The first-order valence-corrected chi connectivity index (χ1v) is 4.47. The molecule has 2 N–H and O–H groups in total. The van der Waals surface area contributed by atoms with Crippen molar-refractivity contribution >= 4 is 27.7 Å². The summed E-state index contributed by atoms with van der Waals surface area (Å²) in [6, 6.07) is 1.42. The molecule has 1 aromatic heterocycles. The highest BCUT2D eigenvalue weighted by Gasteiger charge is 2.16. The molecule has 0 amide bonds. The minimum absolute atomic E-state index is 0.199. The zero-order chi connectivity index (χ0) is 10.7. The second-order valence-electron chi connectivity index (χ2n) is 2.41. The third-order valence-electron chi connectivity index (χ3n) is 1.55. The lowest BCUT2D eigenvalue weighted by molar-refractivity contribution is 0.0599. The van der Waals surface area contributed by atoms with Crippen LogP contribution >= 0.6 is 15.9 Å². The smallest absolute Gasteiger partial charge is 0.339 e. The van der Waals surface area contributed by atoms with Gasteiger partial charge in [0, 0.05) is 0 Å². The zero-order valence-electron chi connectivity index (χ0n) is 7.70. The van der Waals surface area contributed by atoms with Crippen LogP contribution in [0.4, 0.5) is 5.82 Å². The molecule has 0 aromatic carbocycles. The van der Waals surface area contributed by atoms with E-state index in [1.165, 1.54) is 20.3 Å². The van der Waals surface area contributed by atoms with E-state index in [1.807, 2.05) is 0 Å². The van der Waals surface area contributed by atoms with E-state index in [1.54, 1.807) is 0 Å². The van der Waals surface area contributed by atoms with Crippen LogP contribution in [-0.2, 0) is 4.74 Å². The number of hydrogen-bond donors (Lipinski definition) is 1. The molecule has 0 aliphatic rings. The van der Waals surface area contributed by atoms with Crippen LogP contribution in [0, 0.1) is 0 Å². The van der Waals surface area contributed by atoms with E-state index in [-0.39, 0.29) is 17.3 Å². The Bertz CT molecular complexity index is 368. The summed E-state index contributed by atoms with van der Waals surface area (Å²) in [4.78, 5) is 15.1. The van der Waals surface area contributed by atoms with E-state index >= 15 is 0 Å². The van der Waals surface area contributed by atoms with Gasteiger partial charge in [0.1, 0.15) is 5.82 Å². The number of hydrogen-bond acceptors (Lipinski definition) is 5. The Kier molecular flexibility index (Phi) is 3.29. The van der Waals surface area contributed by atoms with Gasteiger partial charge >= 0.3 is 5.97 Å². The monoisotopic (exact) mass is 260 g/mol. The molecule has 0 spiro atoms. The van der Waals surface area contributed by atoms with E-state index in [0.29, 0.717) is 4.47 Å². The van der Waals surface area contributed by atoms with Crippen molar-refractivity contribution in [1.82, 2.24) is 4.98 Å². The number of halogens is 1. The lowest BCUT2D eigenvalue weighted by Crippen LogP contribution is -2.06. The van der Waals surface area contributed by atoms with Crippen LogP contribution in [-0.4, -0.2) is 25.2 Å². The number of esters is 1. The molecule has 1 aromatic rings. The van der Waals surface area contributed by atoms with Gasteiger partial charge in [0.15, 0.2) is 0 Å². The maximum atomic E-state index is 11.3. The fraction of sp³-hybridized carbons (Fsp3) is 0.250. The van der Waals surface area contributed by atoms with Crippen molar-refractivity contribution in [3.05, 3.63) is 16.1 Å². The summed E-state index contributed by atoms with van der Waals surface area (Å²) in [6.07, 6.45) is 0. The molecule has 1 heterocycles. The second kappa shape index (κ2) is 4.28. The number of methoxy groups -OCH3 is 2. The van der Waals surface area contributed by atoms with Crippen molar-refractivity contribution in [2.75, 3.05) is 20.0 Å². The Morgan fingerprint density at radius 2 is 2.21 bits per heavy atom. The van der Waals surface area contributed by atoms with E-state index in [9.17, 15) is 4.79 Å². The van der Waals surface area contributed by atoms with Crippen molar-refractivity contribution in [2.45, 2.75) is 0 Å². The maximum Gasteiger partial charge on any atom is 0.339 e. The maximum absolute atomic E-state index is 11.3. The number of carbonyl (C=O) groups excluding carboxylic acids is 1. The topological polar surface area (TPSA) is 74.4 Å². The molecule has 0 saturated carbocycles. The standard InChI is InChI=1S/C8H9BrN2O3/c1-13-7-6(9)4(8(12)14-2)3-5(10)11-7/h3H,1-2H3,(H2,10,11). The number of rotatable bonds is 2. The fourth-order valence-corrected chi connectivity index (χ4v) is 1.45. The summed E-state index contributed by atoms with van der Waals surface area (Å²) in [5.41, 5.74) is 5.77. The minimum atomic E-state index is -0.496. The number of nitrogen functional groups attached to an aromatic ring is 1. The Morgan fingerprint density at radius 1 is 1.57 bits per heavy atom. The van der Waals surface area contributed by atoms with Crippen molar-refractivity contribution in [3.63, 3.8) is 0 Å². The molecular formula is C8H9BrN2O3. The first kappa shape index (κ1) is 10.8. The van der Waals surface area contributed by atoms with Crippen LogP contribution in [0.15, 0.2) is 10.5 Å². The summed E-state index contributed by atoms with van der Waals surface area (Å²) in [7, 11) is 2.73. The van der Waals surface area contributed by atoms with E-state index in [4.69, 9.17) is 10.5 Å². The van der Waals surface area contributed by atoms with Crippen LogP contribution < -0.4 is 10.5 Å². The van der Waals surface area contributed by atoms with Crippen LogP contribution in [0.1, 0.15) is 10.4 Å². The molecule has 0 atom stereocenters.